The minimum atomic E-state index is -0.884. The zero-order chi connectivity index (χ0) is 17.9. The Balaban J connectivity index is 1.68. The molecule has 0 aromatic heterocycles. The summed E-state index contributed by atoms with van der Waals surface area (Å²) in [5.41, 5.74) is 3.50. The Morgan fingerprint density at radius 1 is 1.00 bits per heavy atom. The van der Waals surface area contributed by atoms with Crippen LogP contribution in [0, 0.1) is 0 Å². The first-order valence-electron chi connectivity index (χ1n) is 9.09. The Hall–Kier alpha value is -2.52. The monoisotopic (exact) mass is 338 g/mol. The third-order valence-electron chi connectivity index (χ3n) is 5.47. The summed E-state index contributed by atoms with van der Waals surface area (Å²) in [6, 6.07) is 18.6. The van der Waals surface area contributed by atoms with E-state index in [1.54, 1.807) is 0 Å². The molecular weight excluding hydrogens is 319 g/mol. The van der Waals surface area contributed by atoms with Gasteiger partial charge in [0, 0.05) is 10.9 Å². The van der Waals surface area contributed by atoms with Crippen LogP contribution in [0.15, 0.2) is 66.2 Å². The normalized spacial score (nSPS) is 23.5. The highest BCUT2D eigenvalue weighted by molar-refractivity contribution is 6.17. The van der Waals surface area contributed by atoms with Gasteiger partial charge in [-0.25, -0.2) is 0 Å². The van der Waals surface area contributed by atoms with Crippen LogP contribution in [0.2, 0.25) is 0 Å². The average Bonchev–Trinajstić information content (AvgIpc) is 2.97. The standard InChI is InChI=1S/C23H19BO2/c1-3-19-14(2)13-23(24,26-19)16-10-11-20-18(12-16)17-8-4-6-15-7-5-9-21(25-20)22(15)17/h4-13,19H,3H2,1-2H3. The van der Waals surface area contributed by atoms with Gasteiger partial charge in [0.25, 0.3) is 0 Å². The Morgan fingerprint density at radius 3 is 2.58 bits per heavy atom. The molecule has 2 heterocycles. The summed E-state index contributed by atoms with van der Waals surface area (Å²) in [4.78, 5) is 0. The first-order valence-corrected chi connectivity index (χ1v) is 9.09. The maximum Gasteiger partial charge on any atom is 0.135 e. The Morgan fingerprint density at radius 2 is 1.81 bits per heavy atom. The lowest BCUT2D eigenvalue weighted by Gasteiger charge is -2.28. The van der Waals surface area contributed by atoms with Crippen LogP contribution >= 0.6 is 0 Å². The van der Waals surface area contributed by atoms with Crippen molar-refractivity contribution in [3.8, 4) is 22.6 Å². The summed E-state index contributed by atoms with van der Waals surface area (Å²) in [5, 5.41) is 2.33. The minimum Gasteiger partial charge on any atom is -0.456 e. The van der Waals surface area contributed by atoms with Gasteiger partial charge >= 0.3 is 0 Å². The van der Waals surface area contributed by atoms with E-state index in [1.807, 2.05) is 30.3 Å². The molecule has 0 N–H and O–H groups in total. The highest BCUT2D eigenvalue weighted by Gasteiger charge is 2.35. The maximum atomic E-state index is 6.62. The van der Waals surface area contributed by atoms with Crippen molar-refractivity contribution in [1.29, 1.82) is 0 Å². The summed E-state index contributed by atoms with van der Waals surface area (Å²) in [5.74, 6) is 1.76. The molecule has 0 fully saturated rings. The largest absolute Gasteiger partial charge is 0.456 e. The Labute approximate surface area is 154 Å². The van der Waals surface area contributed by atoms with Gasteiger partial charge in [-0.1, -0.05) is 49.4 Å². The van der Waals surface area contributed by atoms with Crippen molar-refractivity contribution in [3.05, 3.63) is 71.8 Å². The molecule has 3 aromatic carbocycles. The van der Waals surface area contributed by atoms with Crippen LogP contribution in [0.1, 0.15) is 25.8 Å². The molecule has 3 aromatic rings. The van der Waals surface area contributed by atoms with Crippen LogP contribution in [0.4, 0.5) is 0 Å². The van der Waals surface area contributed by atoms with E-state index in [-0.39, 0.29) is 6.10 Å². The molecule has 2 unspecified atom stereocenters. The second kappa shape index (κ2) is 5.49. The molecule has 0 amide bonds. The van der Waals surface area contributed by atoms with E-state index in [0.29, 0.717) is 0 Å². The van der Waals surface area contributed by atoms with Crippen LogP contribution in [0.25, 0.3) is 21.9 Å². The van der Waals surface area contributed by atoms with E-state index in [2.05, 4.69) is 44.2 Å². The van der Waals surface area contributed by atoms with Crippen molar-refractivity contribution >= 4 is 18.6 Å². The van der Waals surface area contributed by atoms with Crippen molar-refractivity contribution in [1.82, 2.24) is 0 Å². The predicted molar refractivity (Wildman–Crippen MR) is 106 cm³/mol. The third-order valence-corrected chi connectivity index (χ3v) is 5.47. The van der Waals surface area contributed by atoms with Crippen LogP contribution in [-0.2, 0) is 10.2 Å². The molecule has 26 heavy (non-hydrogen) atoms. The topological polar surface area (TPSA) is 18.5 Å². The van der Waals surface area contributed by atoms with Crippen LogP contribution in [-0.4, -0.2) is 14.0 Å². The summed E-state index contributed by atoms with van der Waals surface area (Å²) in [6.45, 7) is 4.20. The van der Waals surface area contributed by atoms with E-state index in [0.717, 1.165) is 34.4 Å². The highest BCUT2D eigenvalue weighted by atomic mass is 16.5. The van der Waals surface area contributed by atoms with Crippen molar-refractivity contribution in [2.75, 3.05) is 0 Å². The summed E-state index contributed by atoms with van der Waals surface area (Å²) >= 11 is 0. The molecule has 126 valence electrons. The van der Waals surface area contributed by atoms with Gasteiger partial charge in [-0.2, -0.15) is 0 Å². The number of hydrogen-bond acceptors (Lipinski definition) is 2. The Kier molecular flexibility index (Phi) is 3.32. The quantitative estimate of drug-likeness (QED) is 0.345. The third kappa shape index (κ3) is 2.17. The molecule has 2 radical (unpaired) electrons. The number of fused-ring (bicyclic) bond motifs is 2. The highest BCUT2D eigenvalue weighted by Crippen LogP contribution is 2.48. The molecule has 0 aliphatic carbocycles. The molecule has 2 atom stereocenters. The van der Waals surface area contributed by atoms with E-state index in [1.165, 1.54) is 16.5 Å². The SMILES string of the molecule is [B]C1(c2ccc3c(c2)-c2cccc4cccc(c24)O3)C=C(C)C(CC)O1. The van der Waals surface area contributed by atoms with Crippen molar-refractivity contribution in [2.45, 2.75) is 31.9 Å². The molecule has 0 saturated heterocycles. The van der Waals surface area contributed by atoms with Gasteiger partial charge in [-0.3, -0.25) is 0 Å². The van der Waals surface area contributed by atoms with Crippen LogP contribution < -0.4 is 4.74 Å². The summed E-state index contributed by atoms with van der Waals surface area (Å²) < 4.78 is 12.3. The van der Waals surface area contributed by atoms with Crippen molar-refractivity contribution in [2.24, 2.45) is 0 Å². The van der Waals surface area contributed by atoms with E-state index in [4.69, 9.17) is 17.3 Å². The van der Waals surface area contributed by atoms with E-state index in [9.17, 15) is 0 Å². The fourth-order valence-corrected chi connectivity index (χ4v) is 4.16. The van der Waals surface area contributed by atoms with Gasteiger partial charge in [0.15, 0.2) is 0 Å². The van der Waals surface area contributed by atoms with Gasteiger partial charge in [-0.15, -0.1) is 0 Å². The molecule has 3 heteroatoms. The van der Waals surface area contributed by atoms with Crippen LogP contribution in [0.3, 0.4) is 0 Å². The van der Waals surface area contributed by atoms with Crippen LogP contribution in [0.5, 0.6) is 11.5 Å². The van der Waals surface area contributed by atoms with Gasteiger partial charge in [0.2, 0.25) is 0 Å². The second-order valence-corrected chi connectivity index (χ2v) is 7.17. The molecule has 2 nitrogen and oxygen atoms in total. The second-order valence-electron chi connectivity index (χ2n) is 7.17. The molecule has 0 saturated carbocycles. The lowest BCUT2D eigenvalue weighted by Crippen LogP contribution is -2.27. The van der Waals surface area contributed by atoms with Gasteiger partial charge < -0.3 is 9.47 Å². The fourth-order valence-electron chi connectivity index (χ4n) is 4.16. The van der Waals surface area contributed by atoms with Gasteiger partial charge in [0.05, 0.1) is 11.6 Å². The first-order chi connectivity index (χ1) is 12.6. The molecule has 2 aliphatic heterocycles. The van der Waals surface area contributed by atoms with E-state index < -0.39 is 5.50 Å². The zero-order valence-corrected chi connectivity index (χ0v) is 15.0. The lowest BCUT2D eigenvalue weighted by molar-refractivity contribution is 0.0245. The zero-order valence-electron chi connectivity index (χ0n) is 15.0. The van der Waals surface area contributed by atoms with Crippen molar-refractivity contribution in [3.63, 3.8) is 0 Å². The summed E-state index contributed by atoms with van der Waals surface area (Å²) in [6.07, 6.45) is 3.04. The molecule has 0 bridgehead atoms. The molecule has 2 aliphatic rings. The number of rotatable bonds is 2. The maximum absolute atomic E-state index is 6.62. The van der Waals surface area contributed by atoms with Crippen molar-refractivity contribution < 1.29 is 9.47 Å². The smallest absolute Gasteiger partial charge is 0.135 e. The summed E-state index contributed by atoms with van der Waals surface area (Å²) in [7, 11) is 6.62. The molecule has 5 rings (SSSR count). The Bertz CT molecular complexity index is 1060. The predicted octanol–water partition coefficient (Wildman–Crippen LogP) is 5.69. The van der Waals surface area contributed by atoms with E-state index >= 15 is 0 Å². The number of hydrogen-bond donors (Lipinski definition) is 0. The van der Waals surface area contributed by atoms with Gasteiger partial charge in [-0.05, 0) is 53.6 Å². The number of ether oxygens (including phenoxy) is 2. The lowest BCUT2D eigenvalue weighted by atomic mass is 9.74. The average molecular weight is 338 g/mol. The fraction of sp³-hybridized carbons (Fsp3) is 0.217. The molecular formula is C23H19BO2. The minimum absolute atomic E-state index is 0.0800. The molecule has 0 spiro atoms. The first kappa shape index (κ1) is 15.7. The number of benzene rings is 3. The van der Waals surface area contributed by atoms with Gasteiger partial charge in [0.1, 0.15) is 19.3 Å².